The zero-order valence-electron chi connectivity index (χ0n) is 9.97. The van der Waals surface area contributed by atoms with E-state index in [1.807, 2.05) is 6.07 Å². The summed E-state index contributed by atoms with van der Waals surface area (Å²) < 4.78 is 5.29. The quantitative estimate of drug-likeness (QED) is 0.849. The first-order chi connectivity index (χ1) is 8.83. The van der Waals surface area contributed by atoms with Gasteiger partial charge < -0.3 is 14.9 Å². The maximum Gasteiger partial charge on any atom is 0.244 e. The van der Waals surface area contributed by atoms with Crippen LogP contribution in [0.2, 0.25) is 0 Å². The van der Waals surface area contributed by atoms with Gasteiger partial charge in [0.05, 0.1) is 6.04 Å². The molecule has 94 valence electrons. The average molecular weight is 245 g/mol. The Morgan fingerprint density at radius 1 is 1.33 bits per heavy atom. The van der Waals surface area contributed by atoms with Crippen LogP contribution in [-0.4, -0.2) is 21.8 Å². The van der Waals surface area contributed by atoms with E-state index in [1.165, 1.54) is 12.8 Å². The van der Waals surface area contributed by atoms with Crippen molar-refractivity contribution >= 4 is 0 Å². The zero-order chi connectivity index (χ0) is 12.4. The van der Waals surface area contributed by atoms with Gasteiger partial charge in [-0.25, -0.2) is 0 Å². The maximum absolute atomic E-state index is 9.43. The molecule has 0 saturated carbocycles. The molecule has 1 saturated heterocycles. The fraction of sp³-hybridized carbons (Fsp3) is 0.385. The minimum absolute atomic E-state index is 0.164. The fourth-order valence-electron chi connectivity index (χ4n) is 2.20. The first-order valence-corrected chi connectivity index (χ1v) is 6.19. The summed E-state index contributed by atoms with van der Waals surface area (Å²) in [6, 6.07) is 7.02. The molecule has 1 aliphatic heterocycles. The SMILES string of the molecule is Oc1cccc(-c2noc([C@H]3CCCCN3)n2)c1. The maximum atomic E-state index is 9.43. The van der Waals surface area contributed by atoms with Gasteiger partial charge in [-0.2, -0.15) is 4.98 Å². The van der Waals surface area contributed by atoms with E-state index in [4.69, 9.17) is 4.52 Å². The Labute approximate surface area is 105 Å². The summed E-state index contributed by atoms with van der Waals surface area (Å²) in [6.07, 6.45) is 3.41. The second kappa shape index (κ2) is 4.78. The van der Waals surface area contributed by atoms with Crippen molar-refractivity contribution in [2.24, 2.45) is 0 Å². The van der Waals surface area contributed by atoms with Crippen LogP contribution in [0.25, 0.3) is 11.4 Å². The minimum atomic E-state index is 0.164. The number of phenols is 1. The van der Waals surface area contributed by atoms with Crippen molar-refractivity contribution in [2.45, 2.75) is 25.3 Å². The van der Waals surface area contributed by atoms with Crippen molar-refractivity contribution in [2.75, 3.05) is 6.54 Å². The Morgan fingerprint density at radius 2 is 2.28 bits per heavy atom. The zero-order valence-corrected chi connectivity index (χ0v) is 9.97. The summed E-state index contributed by atoms with van der Waals surface area (Å²) in [5.41, 5.74) is 0.765. The van der Waals surface area contributed by atoms with E-state index in [0.29, 0.717) is 11.7 Å². The molecule has 0 radical (unpaired) electrons. The van der Waals surface area contributed by atoms with Gasteiger partial charge in [-0.05, 0) is 31.5 Å². The number of nitrogens with zero attached hydrogens (tertiary/aromatic N) is 2. The number of rotatable bonds is 2. The summed E-state index contributed by atoms with van der Waals surface area (Å²) in [7, 11) is 0. The second-order valence-electron chi connectivity index (χ2n) is 4.51. The van der Waals surface area contributed by atoms with Gasteiger partial charge in [0.15, 0.2) is 0 Å². The van der Waals surface area contributed by atoms with Crippen molar-refractivity contribution in [1.82, 2.24) is 15.5 Å². The van der Waals surface area contributed by atoms with Crippen molar-refractivity contribution in [3.63, 3.8) is 0 Å². The van der Waals surface area contributed by atoms with E-state index < -0.39 is 0 Å². The molecular weight excluding hydrogens is 230 g/mol. The lowest BCUT2D eigenvalue weighted by molar-refractivity contribution is 0.297. The smallest absolute Gasteiger partial charge is 0.244 e. The highest BCUT2D eigenvalue weighted by Crippen LogP contribution is 2.25. The predicted octanol–water partition coefficient (Wildman–Crippen LogP) is 2.26. The number of hydrogen-bond donors (Lipinski definition) is 2. The molecular formula is C13H15N3O2. The summed E-state index contributed by atoms with van der Waals surface area (Å²) in [4.78, 5) is 4.39. The van der Waals surface area contributed by atoms with Crippen LogP contribution in [0.3, 0.4) is 0 Å². The van der Waals surface area contributed by atoms with Gasteiger partial charge in [-0.1, -0.05) is 23.7 Å². The molecule has 1 aliphatic rings. The number of aromatic hydroxyl groups is 1. The fourth-order valence-corrected chi connectivity index (χ4v) is 2.20. The van der Waals surface area contributed by atoms with Crippen LogP contribution in [0.15, 0.2) is 28.8 Å². The number of nitrogens with one attached hydrogen (secondary N) is 1. The lowest BCUT2D eigenvalue weighted by atomic mass is 10.1. The Balaban J connectivity index is 1.84. The second-order valence-corrected chi connectivity index (χ2v) is 4.51. The summed E-state index contributed by atoms with van der Waals surface area (Å²) in [5.74, 6) is 1.36. The van der Waals surface area contributed by atoms with Crippen molar-refractivity contribution in [1.29, 1.82) is 0 Å². The average Bonchev–Trinajstić information content (AvgIpc) is 2.89. The number of phenolic OH excluding ortho intramolecular Hbond substituents is 1. The lowest BCUT2D eigenvalue weighted by Gasteiger charge is -2.19. The third-order valence-electron chi connectivity index (χ3n) is 3.15. The van der Waals surface area contributed by atoms with Crippen molar-refractivity contribution < 1.29 is 9.63 Å². The van der Waals surface area contributed by atoms with Crippen LogP contribution in [0, 0.1) is 0 Å². The molecule has 1 aromatic carbocycles. The topological polar surface area (TPSA) is 71.2 Å². The van der Waals surface area contributed by atoms with E-state index in [1.54, 1.807) is 18.2 Å². The summed E-state index contributed by atoms with van der Waals surface area (Å²) in [6.45, 7) is 0.995. The molecule has 1 aromatic heterocycles. The Hall–Kier alpha value is -1.88. The van der Waals surface area contributed by atoms with Crippen LogP contribution in [-0.2, 0) is 0 Å². The van der Waals surface area contributed by atoms with Gasteiger partial charge in [-0.3, -0.25) is 0 Å². The monoisotopic (exact) mass is 245 g/mol. The van der Waals surface area contributed by atoms with E-state index in [2.05, 4.69) is 15.5 Å². The summed E-state index contributed by atoms with van der Waals surface area (Å²) in [5, 5.41) is 16.8. The molecule has 0 amide bonds. The van der Waals surface area contributed by atoms with Gasteiger partial charge >= 0.3 is 0 Å². The van der Waals surface area contributed by atoms with Gasteiger partial charge in [0.1, 0.15) is 5.75 Å². The molecule has 1 fully saturated rings. The highest BCUT2D eigenvalue weighted by molar-refractivity contribution is 5.56. The normalized spacial score (nSPS) is 19.9. The summed E-state index contributed by atoms with van der Waals surface area (Å²) >= 11 is 0. The Morgan fingerprint density at radius 3 is 3.06 bits per heavy atom. The molecule has 2 N–H and O–H groups in total. The minimum Gasteiger partial charge on any atom is -0.508 e. The van der Waals surface area contributed by atoms with Crippen LogP contribution < -0.4 is 5.32 Å². The van der Waals surface area contributed by atoms with Crippen molar-refractivity contribution in [3.05, 3.63) is 30.2 Å². The first kappa shape index (κ1) is 11.2. The number of benzene rings is 1. The van der Waals surface area contributed by atoms with Gasteiger partial charge in [0, 0.05) is 5.56 Å². The van der Waals surface area contributed by atoms with Gasteiger partial charge in [0.25, 0.3) is 0 Å². The van der Waals surface area contributed by atoms with Crippen molar-refractivity contribution in [3.8, 4) is 17.1 Å². The highest BCUT2D eigenvalue weighted by Gasteiger charge is 2.21. The molecule has 18 heavy (non-hydrogen) atoms. The van der Waals surface area contributed by atoms with Gasteiger partial charge in [-0.15, -0.1) is 0 Å². The molecule has 0 aliphatic carbocycles. The van der Waals surface area contributed by atoms with E-state index in [-0.39, 0.29) is 11.8 Å². The molecule has 2 aromatic rings. The molecule has 0 unspecified atom stereocenters. The Bertz CT molecular complexity index is 533. The standard InChI is InChI=1S/C13H15N3O2/c17-10-5-3-4-9(8-10)12-15-13(18-16-12)11-6-1-2-7-14-11/h3-5,8,11,14,17H,1-2,6-7H2/t11-/m1/s1. The van der Waals surface area contributed by atoms with Crippen LogP contribution in [0.1, 0.15) is 31.2 Å². The number of hydrogen-bond acceptors (Lipinski definition) is 5. The van der Waals surface area contributed by atoms with E-state index >= 15 is 0 Å². The lowest BCUT2D eigenvalue weighted by Crippen LogP contribution is -2.26. The largest absolute Gasteiger partial charge is 0.508 e. The third-order valence-corrected chi connectivity index (χ3v) is 3.15. The molecule has 1 atom stereocenters. The number of piperidine rings is 1. The van der Waals surface area contributed by atoms with Gasteiger partial charge in [0.2, 0.25) is 11.7 Å². The first-order valence-electron chi connectivity index (χ1n) is 6.19. The molecule has 0 bridgehead atoms. The van der Waals surface area contributed by atoms with Crippen LogP contribution in [0.4, 0.5) is 0 Å². The third kappa shape index (κ3) is 2.22. The Kier molecular flexibility index (Phi) is 2.98. The predicted molar refractivity (Wildman–Crippen MR) is 66.0 cm³/mol. The molecule has 3 rings (SSSR count). The van der Waals surface area contributed by atoms with Crippen LogP contribution >= 0.6 is 0 Å². The highest BCUT2D eigenvalue weighted by atomic mass is 16.5. The molecule has 2 heterocycles. The number of aromatic nitrogens is 2. The molecule has 5 nitrogen and oxygen atoms in total. The van der Waals surface area contributed by atoms with Crippen LogP contribution in [0.5, 0.6) is 5.75 Å². The van der Waals surface area contributed by atoms with E-state index in [9.17, 15) is 5.11 Å². The molecule has 5 heteroatoms. The molecule has 0 spiro atoms. The van der Waals surface area contributed by atoms with E-state index in [0.717, 1.165) is 18.5 Å².